The number of hydrogen-bond donors (Lipinski definition) is 3. The number of carbonyl (C=O) groups excluding carboxylic acids is 2. The van der Waals surface area contributed by atoms with Crippen LogP contribution in [0.2, 0.25) is 0 Å². The van der Waals surface area contributed by atoms with Gasteiger partial charge in [-0.15, -0.1) is 11.3 Å². The van der Waals surface area contributed by atoms with Gasteiger partial charge in [-0.1, -0.05) is 54.6 Å². The molecule has 0 fully saturated rings. The van der Waals surface area contributed by atoms with E-state index in [9.17, 15) is 9.59 Å². The lowest BCUT2D eigenvalue weighted by Crippen LogP contribution is -2.20. The third-order valence-electron chi connectivity index (χ3n) is 5.88. The van der Waals surface area contributed by atoms with Gasteiger partial charge in [0.15, 0.2) is 11.7 Å². The Morgan fingerprint density at radius 3 is 2.49 bits per heavy atom. The van der Waals surface area contributed by atoms with Crippen molar-refractivity contribution < 1.29 is 14.3 Å². The zero-order valence-corrected chi connectivity index (χ0v) is 23.0. The number of thiazole rings is 1. The van der Waals surface area contributed by atoms with Gasteiger partial charge >= 0.3 is 0 Å². The van der Waals surface area contributed by atoms with Crippen LogP contribution < -0.4 is 20.8 Å². The highest BCUT2D eigenvalue weighted by molar-refractivity contribution is 7.14. The number of hydrazone groups is 1. The second kappa shape index (κ2) is 13.2. The van der Waals surface area contributed by atoms with E-state index in [1.54, 1.807) is 30.3 Å². The van der Waals surface area contributed by atoms with Gasteiger partial charge in [0, 0.05) is 27.9 Å². The monoisotopic (exact) mass is 561 g/mol. The van der Waals surface area contributed by atoms with E-state index in [1.807, 2.05) is 85.1 Å². The van der Waals surface area contributed by atoms with Crippen molar-refractivity contribution in [3.63, 3.8) is 0 Å². The van der Waals surface area contributed by atoms with E-state index >= 15 is 0 Å². The van der Waals surface area contributed by atoms with Crippen LogP contribution in [0.15, 0.2) is 114 Å². The summed E-state index contributed by atoms with van der Waals surface area (Å²) < 4.78 is 5.62. The van der Waals surface area contributed by atoms with Crippen LogP contribution in [0, 0.1) is 6.92 Å². The fourth-order valence-corrected chi connectivity index (χ4v) is 4.62. The summed E-state index contributed by atoms with van der Waals surface area (Å²) in [6.45, 7) is 1.83. The van der Waals surface area contributed by atoms with Gasteiger partial charge in [-0.25, -0.2) is 10.4 Å². The molecule has 0 saturated heterocycles. The van der Waals surface area contributed by atoms with Crippen LogP contribution in [0.5, 0.6) is 5.75 Å². The van der Waals surface area contributed by atoms with Crippen molar-refractivity contribution in [2.24, 2.45) is 5.10 Å². The van der Waals surface area contributed by atoms with Crippen LogP contribution in [-0.2, 0) is 4.79 Å². The predicted molar refractivity (Wildman–Crippen MR) is 164 cm³/mol. The van der Waals surface area contributed by atoms with Crippen molar-refractivity contribution in [1.82, 2.24) is 10.4 Å². The first kappa shape index (κ1) is 27.3. The molecule has 0 bridgehead atoms. The first-order valence-electron chi connectivity index (χ1n) is 12.8. The van der Waals surface area contributed by atoms with Crippen LogP contribution in [0.4, 0.5) is 16.5 Å². The molecule has 0 aliphatic carbocycles. The molecule has 41 heavy (non-hydrogen) atoms. The van der Waals surface area contributed by atoms with Crippen LogP contribution >= 0.6 is 11.3 Å². The van der Waals surface area contributed by atoms with Crippen LogP contribution in [0.3, 0.4) is 0 Å². The van der Waals surface area contributed by atoms with Gasteiger partial charge in [0.1, 0.15) is 5.75 Å². The molecule has 5 aromatic rings. The quantitative estimate of drug-likeness (QED) is 0.131. The van der Waals surface area contributed by atoms with Crippen molar-refractivity contribution in [1.29, 1.82) is 0 Å². The van der Waals surface area contributed by atoms with E-state index in [-0.39, 0.29) is 18.4 Å². The Morgan fingerprint density at radius 2 is 1.68 bits per heavy atom. The van der Waals surface area contributed by atoms with Crippen molar-refractivity contribution in [3.05, 3.63) is 125 Å². The van der Waals surface area contributed by atoms with Crippen molar-refractivity contribution in [3.8, 4) is 17.0 Å². The molecule has 5 rings (SSSR count). The summed E-state index contributed by atoms with van der Waals surface area (Å²) in [7, 11) is 0. The molecule has 0 aliphatic heterocycles. The molecule has 3 N–H and O–H groups in total. The maximum Gasteiger partial charge on any atom is 0.271 e. The lowest BCUT2D eigenvalue weighted by molar-refractivity contribution is -0.118. The summed E-state index contributed by atoms with van der Waals surface area (Å²) >= 11 is 1.52. The first-order valence-corrected chi connectivity index (χ1v) is 13.7. The Balaban J connectivity index is 1.11. The number of para-hydroxylation sites is 1. The topological polar surface area (TPSA) is 105 Å². The Morgan fingerprint density at radius 1 is 0.902 bits per heavy atom. The normalized spacial score (nSPS) is 10.8. The molecule has 0 radical (unpaired) electrons. The third-order valence-corrected chi connectivity index (χ3v) is 6.64. The van der Waals surface area contributed by atoms with Gasteiger partial charge in [0.05, 0.1) is 11.9 Å². The summed E-state index contributed by atoms with van der Waals surface area (Å²) in [4.78, 5) is 29.4. The Bertz CT molecular complexity index is 1670. The highest BCUT2D eigenvalue weighted by Gasteiger charge is 2.09. The van der Waals surface area contributed by atoms with Crippen molar-refractivity contribution >= 4 is 45.9 Å². The van der Waals surface area contributed by atoms with Gasteiger partial charge in [-0.3, -0.25) is 9.59 Å². The Hall–Kier alpha value is -5.28. The minimum Gasteiger partial charge on any atom is -0.484 e. The number of nitrogens with one attached hydrogen (secondary N) is 3. The second-order valence-electron chi connectivity index (χ2n) is 9.08. The number of aryl methyl sites for hydroxylation is 1. The van der Waals surface area contributed by atoms with E-state index in [0.29, 0.717) is 16.9 Å². The molecule has 9 heteroatoms. The number of rotatable bonds is 10. The summed E-state index contributed by atoms with van der Waals surface area (Å²) in [5, 5.41) is 12.9. The molecule has 204 valence electrons. The molecule has 0 saturated carbocycles. The van der Waals surface area contributed by atoms with Crippen molar-refractivity contribution in [2.75, 3.05) is 17.2 Å². The number of ether oxygens (including phenoxy) is 1. The standard InChI is InChI=1S/C32H27N5O3S/c1-22-7-5-11-27(17-22)34-30(38)20-40-28-12-6-8-23(18-28)19-33-37-31(39)25-15-13-24(14-16-25)29-21-41-32(36-29)35-26-9-3-2-4-10-26/h2-19,21H,20H2,1H3,(H,34,38)(H,35,36)(H,37,39)/b33-19+. The molecular weight excluding hydrogens is 534 g/mol. The fourth-order valence-electron chi connectivity index (χ4n) is 3.88. The van der Waals surface area contributed by atoms with E-state index in [2.05, 4.69) is 26.1 Å². The SMILES string of the molecule is Cc1cccc(NC(=O)COc2cccc(/C=N/NC(=O)c3ccc(-c4csc(Nc5ccccc5)n4)cc3)c2)c1. The maximum absolute atomic E-state index is 12.6. The zero-order chi connectivity index (χ0) is 28.4. The molecule has 0 aliphatic rings. The molecule has 0 spiro atoms. The van der Waals surface area contributed by atoms with Crippen LogP contribution in [-0.4, -0.2) is 29.6 Å². The fraction of sp³-hybridized carbons (Fsp3) is 0.0625. The van der Waals surface area contributed by atoms with Crippen LogP contribution in [0.1, 0.15) is 21.5 Å². The first-order chi connectivity index (χ1) is 20.0. The number of anilines is 3. The van der Waals surface area contributed by atoms with E-state index in [1.165, 1.54) is 17.6 Å². The van der Waals surface area contributed by atoms with Gasteiger partial charge < -0.3 is 15.4 Å². The van der Waals surface area contributed by atoms with Crippen LogP contribution in [0.25, 0.3) is 11.3 Å². The Labute approximate surface area is 241 Å². The minimum atomic E-state index is -0.335. The lowest BCUT2D eigenvalue weighted by atomic mass is 10.1. The van der Waals surface area contributed by atoms with Gasteiger partial charge in [-0.05, 0) is 66.6 Å². The van der Waals surface area contributed by atoms with Gasteiger partial charge in [0.25, 0.3) is 11.8 Å². The number of amides is 2. The summed E-state index contributed by atoms with van der Waals surface area (Å²) in [5.41, 5.74) is 8.21. The van der Waals surface area contributed by atoms with E-state index in [4.69, 9.17) is 4.74 Å². The number of aromatic nitrogens is 1. The zero-order valence-electron chi connectivity index (χ0n) is 22.2. The third kappa shape index (κ3) is 7.87. The number of nitrogens with zero attached hydrogens (tertiary/aromatic N) is 2. The molecule has 2 amide bonds. The van der Waals surface area contributed by atoms with Crippen molar-refractivity contribution in [2.45, 2.75) is 6.92 Å². The van der Waals surface area contributed by atoms with Gasteiger partial charge in [0.2, 0.25) is 0 Å². The highest BCUT2D eigenvalue weighted by atomic mass is 32.1. The molecule has 0 unspecified atom stereocenters. The molecule has 0 atom stereocenters. The number of benzene rings is 4. The molecular formula is C32H27N5O3S. The average molecular weight is 562 g/mol. The summed E-state index contributed by atoms with van der Waals surface area (Å²) in [6.07, 6.45) is 1.52. The van der Waals surface area contributed by atoms with E-state index < -0.39 is 0 Å². The second-order valence-corrected chi connectivity index (χ2v) is 9.94. The minimum absolute atomic E-state index is 0.132. The molecule has 4 aromatic carbocycles. The largest absolute Gasteiger partial charge is 0.484 e. The summed E-state index contributed by atoms with van der Waals surface area (Å²) in [5.74, 6) is -0.0795. The van der Waals surface area contributed by atoms with E-state index in [0.717, 1.165) is 33.3 Å². The number of carbonyl (C=O) groups is 2. The average Bonchev–Trinajstić information content (AvgIpc) is 3.45. The highest BCUT2D eigenvalue weighted by Crippen LogP contribution is 2.27. The number of hydrogen-bond acceptors (Lipinski definition) is 7. The van der Waals surface area contributed by atoms with Gasteiger partial charge in [-0.2, -0.15) is 5.10 Å². The molecule has 1 aromatic heterocycles. The molecule has 8 nitrogen and oxygen atoms in total. The molecule has 1 heterocycles. The maximum atomic E-state index is 12.6. The smallest absolute Gasteiger partial charge is 0.271 e. The predicted octanol–water partition coefficient (Wildman–Crippen LogP) is 6.64. The Kier molecular flexibility index (Phi) is 8.78. The lowest BCUT2D eigenvalue weighted by Gasteiger charge is -2.08. The summed E-state index contributed by atoms with van der Waals surface area (Å²) in [6, 6.07) is 31.7.